The molecule has 0 aliphatic heterocycles. The van der Waals surface area contributed by atoms with Crippen molar-refractivity contribution in [3.63, 3.8) is 0 Å². The number of carbonyl (C=O) groups is 3. The second-order valence-corrected chi connectivity index (χ2v) is 6.81. The maximum Gasteiger partial charge on any atom is 0.326 e. The highest BCUT2D eigenvalue weighted by molar-refractivity contribution is 5.87. The van der Waals surface area contributed by atoms with Crippen LogP contribution in [0.2, 0.25) is 0 Å². The molecule has 0 aromatic rings. The summed E-state index contributed by atoms with van der Waals surface area (Å²) in [6.07, 6.45) is 0.490. The molecule has 0 aliphatic carbocycles. The summed E-state index contributed by atoms with van der Waals surface area (Å²) in [4.78, 5) is 34.7. The molecule has 0 spiro atoms. The van der Waals surface area contributed by atoms with Crippen molar-refractivity contribution in [3.8, 4) is 0 Å². The van der Waals surface area contributed by atoms with Gasteiger partial charge in [0, 0.05) is 11.1 Å². The predicted octanol–water partition coefficient (Wildman–Crippen LogP) is 1.34. The first-order valence-electron chi connectivity index (χ1n) is 7.00. The maximum atomic E-state index is 12.3. The van der Waals surface area contributed by atoms with Gasteiger partial charge in [-0.15, -0.1) is 0 Å². The van der Waals surface area contributed by atoms with E-state index in [0.29, 0.717) is 5.70 Å². The average molecular weight is 314 g/mol. The highest BCUT2D eigenvalue weighted by Gasteiger charge is 2.40. The Kier molecular flexibility index (Phi) is 6.61. The first-order chi connectivity index (χ1) is 9.79. The molecule has 126 valence electrons. The number of hydrogen-bond acceptors (Lipinski definition) is 4. The lowest BCUT2D eigenvalue weighted by molar-refractivity contribution is -0.151. The lowest BCUT2D eigenvalue weighted by Gasteiger charge is -2.32. The third kappa shape index (κ3) is 6.15. The van der Waals surface area contributed by atoms with Crippen molar-refractivity contribution in [1.29, 1.82) is 0 Å². The van der Waals surface area contributed by atoms with E-state index >= 15 is 0 Å². The van der Waals surface area contributed by atoms with Gasteiger partial charge in [0.15, 0.2) is 0 Å². The minimum Gasteiger partial charge on any atom is -0.481 e. The van der Waals surface area contributed by atoms with Crippen LogP contribution < -0.4 is 11.1 Å². The molecule has 22 heavy (non-hydrogen) atoms. The number of nitrogens with two attached hydrogens (primary N) is 1. The molecule has 1 unspecified atom stereocenters. The summed E-state index contributed by atoms with van der Waals surface area (Å²) in [6.45, 7) is 9.72. The fraction of sp³-hybridized carbons (Fsp3) is 0.667. The van der Waals surface area contributed by atoms with Gasteiger partial charge in [-0.05, 0) is 33.1 Å². The number of carbonyl (C=O) groups excluding carboxylic acids is 1. The van der Waals surface area contributed by atoms with E-state index in [9.17, 15) is 14.4 Å². The van der Waals surface area contributed by atoms with Crippen LogP contribution in [0.4, 0.5) is 0 Å². The summed E-state index contributed by atoms with van der Waals surface area (Å²) in [5.41, 5.74) is 3.64. The summed E-state index contributed by atoms with van der Waals surface area (Å²) in [5, 5.41) is 20.7. The van der Waals surface area contributed by atoms with E-state index in [1.165, 1.54) is 13.8 Å². The van der Waals surface area contributed by atoms with Crippen molar-refractivity contribution in [2.75, 3.05) is 0 Å². The number of nitrogens with one attached hydrogen (secondary N) is 1. The van der Waals surface area contributed by atoms with Crippen LogP contribution in [-0.2, 0) is 14.4 Å². The number of hydrogen-bond donors (Lipinski definition) is 4. The SMILES string of the molecule is C=C(N)CCC(NC(=O)C(C)(C)CC(C)(C)C(=O)O)C(=O)O. The van der Waals surface area contributed by atoms with E-state index in [1.807, 2.05) is 0 Å². The van der Waals surface area contributed by atoms with Gasteiger partial charge in [0.1, 0.15) is 6.04 Å². The number of rotatable bonds is 9. The Bertz CT molecular complexity index is 469. The maximum absolute atomic E-state index is 12.3. The summed E-state index contributed by atoms with van der Waals surface area (Å²) in [7, 11) is 0. The van der Waals surface area contributed by atoms with Crippen LogP contribution in [0.3, 0.4) is 0 Å². The largest absolute Gasteiger partial charge is 0.481 e. The van der Waals surface area contributed by atoms with Crippen LogP contribution in [0.1, 0.15) is 47.0 Å². The van der Waals surface area contributed by atoms with Crippen molar-refractivity contribution >= 4 is 17.8 Å². The van der Waals surface area contributed by atoms with Crippen molar-refractivity contribution in [2.45, 2.75) is 53.0 Å². The number of carboxylic acids is 2. The van der Waals surface area contributed by atoms with E-state index < -0.39 is 34.7 Å². The molecule has 0 aromatic carbocycles. The molecule has 0 fully saturated rings. The monoisotopic (exact) mass is 314 g/mol. The topological polar surface area (TPSA) is 130 Å². The van der Waals surface area contributed by atoms with Crippen LogP contribution in [0, 0.1) is 10.8 Å². The summed E-state index contributed by atoms with van der Waals surface area (Å²) >= 11 is 0. The van der Waals surface area contributed by atoms with E-state index in [-0.39, 0.29) is 19.3 Å². The van der Waals surface area contributed by atoms with E-state index in [4.69, 9.17) is 15.9 Å². The zero-order chi connectivity index (χ0) is 17.7. The Morgan fingerprint density at radius 2 is 1.64 bits per heavy atom. The molecular weight excluding hydrogens is 288 g/mol. The van der Waals surface area contributed by atoms with Gasteiger partial charge in [0.05, 0.1) is 5.41 Å². The minimum atomic E-state index is -1.16. The molecule has 0 bridgehead atoms. The van der Waals surface area contributed by atoms with Crippen molar-refractivity contribution in [3.05, 3.63) is 12.3 Å². The van der Waals surface area contributed by atoms with E-state index in [1.54, 1.807) is 13.8 Å². The van der Waals surface area contributed by atoms with Gasteiger partial charge in [-0.2, -0.15) is 0 Å². The van der Waals surface area contributed by atoms with Crippen molar-refractivity contribution in [2.24, 2.45) is 16.6 Å². The van der Waals surface area contributed by atoms with Crippen LogP contribution in [0.5, 0.6) is 0 Å². The van der Waals surface area contributed by atoms with Gasteiger partial charge in [0.25, 0.3) is 0 Å². The summed E-state index contributed by atoms with van der Waals surface area (Å²) in [6, 6.07) is -1.08. The van der Waals surface area contributed by atoms with Gasteiger partial charge in [-0.1, -0.05) is 20.4 Å². The highest BCUT2D eigenvalue weighted by atomic mass is 16.4. The second-order valence-electron chi connectivity index (χ2n) is 6.81. The average Bonchev–Trinajstić information content (AvgIpc) is 2.31. The van der Waals surface area contributed by atoms with Gasteiger partial charge < -0.3 is 21.3 Å². The van der Waals surface area contributed by atoms with E-state index in [0.717, 1.165) is 0 Å². The van der Waals surface area contributed by atoms with Crippen LogP contribution in [0.15, 0.2) is 12.3 Å². The molecule has 0 heterocycles. The zero-order valence-corrected chi connectivity index (χ0v) is 13.6. The third-order valence-corrected chi connectivity index (χ3v) is 3.44. The molecule has 0 radical (unpaired) electrons. The highest BCUT2D eigenvalue weighted by Crippen LogP contribution is 2.34. The Morgan fingerprint density at radius 1 is 1.14 bits per heavy atom. The number of aliphatic carboxylic acids is 2. The van der Waals surface area contributed by atoms with E-state index in [2.05, 4.69) is 11.9 Å². The molecule has 1 atom stereocenters. The third-order valence-electron chi connectivity index (χ3n) is 3.44. The molecular formula is C15H26N2O5. The first kappa shape index (κ1) is 19.9. The zero-order valence-electron chi connectivity index (χ0n) is 13.6. The minimum absolute atomic E-state index is 0.0805. The van der Waals surface area contributed by atoms with Gasteiger partial charge >= 0.3 is 11.9 Å². The quantitative estimate of drug-likeness (QED) is 0.508. The smallest absolute Gasteiger partial charge is 0.326 e. The molecule has 7 nitrogen and oxygen atoms in total. The van der Waals surface area contributed by atoms with Crippen molar-refractivity contribution < 1.29 is 24.6 Å². The summed E-state index contributed by atoms with van der Waals surface area (Å²) < 4.78 is 0. The molecule has 0 saturated heterocycles. The second kappa shape index (κ2) is 7.29. The number of allylic oxidation sites excluding steroid dienone is 1. The van der Waals surface area contributed by atoms with Gasteiger partial charge in [-0.3, -0.25) is 9.59 Å². The number of carboxylic acid groups (broad SMARTS) is 2. The Labute approximate surface area is 130 Å². The normalized spacial score (nSPS) is 13.3. The Morgan fingerprint density at radius 3 is 2.00 bits per heavy atom. The molecule has 7 heteroatoms. The standard InChI is InChI=1S/C15H26N2O5/c1-9(16)6-7-10(11(18)19)17-12(20)14(2,3)8-15(4,5)13(21)22/h10H,1,6-8,16H2,2-5H3,(H,17,20)(H,18,19)(H,21,22). The van der Waals surface area contributed by atoms with Crippen LogP contribution in [-0.4, -0.2) is 34.1 Å². The van der Waals surface area contributed by atoms with Gasteiger partial charge in [0.2, 0.25) is 5.91 Å². The lowest BCUT2D eigenvalue weighted by Crippen LogP contribution is -2.48. The van der Waals surface area contributed by atoms with Crippen LogP contribution in [0.25, 0.3) is 0 Å². The summed E-state index contributed by atoms with van der Waals surface area (Å²) in [5.74, 6) is -2.68. The first-order valence-corrected chi connectivity index (χ1v) is 7.00. The predicted molar refractivity (Wildman–Crippen MR) is 81.9 cm³/mol. The molecule has 0 aliphatic rings. The Balaban J connectivity index is 4.94. The molecule has 0 saturated carbocycles. The molecule has 0 rings (SSSR count). The van der Waals surface area contributed by atoms with Crippen LogP contribution >= 0.6 is 0 Å². The molecule has 1 amide bonds. The molecule has 5 N–H and O–H groups in total. The number of amides is 1. The molecule has 0 aromatic heterocycles. The Hall–Kier alpha value is -2.05. The lowest BCUT2D eigenvalue weighted by atomic mass is 9.74. The van der Waals surface area contributed by atoms with Gasteiger partial charge in [-0.25, -0.2) is 4.79 Å². The fourth-order valence-corrected chi connectivity index (χ4v) is 2.20. The fourth-order valence-electron chi connectivity index (χ4n) is 2.20. The van der Waals surface area contributed by atoms with Crippen molar-refractivity contribution in [1.82, 2.24) is 5.32 Å².